The van der Waals surface area contributed by atoms with Crippen LogP contribution in [0.5, 0.6) is 0 Å². The molecule has 0 aromatic heterocycles. The van der Waals surface area contributed by atoms with E-state index in [1.165, 1.54) is 11.1 Å². The van der Waals surface area contributed by atoms with Crippen molar-refractivity contribution in [2.45, 2.75) is 19.3 Å². The fourth-order valence-electron chi connectivity index (χ4n) is 2.17. The highest BCUT2D eigenvalue weighted by Gasteiger charge is 2.27. The van der Waals surface area contributed by atoms with Gasteiger partial charge in [0.15, 0.2) is 0 Å². The summed E-state index contributed by atoms with van der Waals surface area (Å²) in [5.74, 6) is 0.186. The molecule has 0 bridgehead atoms. The Labute approximate surface area is 77.6 Å². The Morgan fingerprint density at radius 2 is 2.23 bits per heavy atom. The van der Waals surface area contributed by atoms with E-state index in [0.29, 0.717) is 0 Å². The van der Waals surface area contributed by atoms with Gasteiger partial charge in [0.1, 0.15) is 0 Å². The van der Waals surface area contributed by atoms with E-state index in [0.717, 1.165) is 38.8 Å². The Balaban J connectivity index is 2.08. The zero-order valence-electron chi connectivity index (χ0n) is 7.49. The first-order valence-electron chi connectivity index (χ1n) is 4.62. The van der Waals surface area contributed by atoms with E-state index in [2.05, 4.69) is 6.07 Å². The van der Waals surface area contributed by atoms with Crippen molar-refractivity contribution in [3.63, 3.8) is 0 Å². The Morgan fingerprint density at radius 1 is 1.46 bits per heavy atom. The van der Waals surface area contributed by atoms with Crippen LogP contribution >= 0.6 is 0 Å². The number of nitrogens with zero attached hydrogens (tertiary/aromatic N) is 2. The fraction of sp³-hybridized carbons (Fsp3) is 0.600. The summed E-state index contributed by atoms with van der Waals surface area (Å²) in [5.41, 5.74) is 2.74. The third kappa shape index (κ3) is 1.44. The average molecular weight is 176 g/mol. The molecule has 0 spiro atoms. The molecule has 0 aromatic rings. The molecule has 0 saturated heterocycles. The van der Waals surface area contributed by atoms with Gasteiger partial charge in [-0.3, -0.25) is 4.79 Å². The summed E-state index contributed by atoms with van der Waals surface area (Å²) in [4.78, 5) is 12.3. The molecule has 1 aliphatic heterocycles. The predicted octanol–water partition coefficient (Wildman–Crippen LogP) is 1.08. The molecule has 1 unspecified atom stereocenters. The Morgan fingerprint density at radius 3 is 2.92 bits per heavy atom. The van der Waals surface area contributed by atoms with E-state index in [9.17, 15) is 4.79 Å². The SMILES string of the molecule is N#CC1CCC2=C(C1)CN(C=O)C2. The molecule has 0 saturated carbocycles. The van der Waals surface area contributed by atoms with E-state index >= 15 is 0 Å². The summed E-state index contributed by atoms with van der Waals surface area (Å²) in [6, 6.07) is 2.31. The molecule has 1 atom stereocenters. The van der Waals surface area contributed by atoms with Gasteiger partial charge in [-0.1, -0.05) is 0 Å². The molecule has 0 aromatic carbocycles. The van der Waals surface area contributed by atoms with E-state index in [1.807, 2.05) is 0 Å². The van der Waals surface area contributed by atoms with Crippen LogP contribution in [-0.4, -0.2) is 24.4 Å². The molecule has 1 aliphatic carbocycles. The molecule has 1 heterocycles. The van der Waals surface area contributed by atoms with Crippen LogP contribution in [-0.2, 0) is 4.79 Å². The van der Waals surface area contributed by atoms with Crippen LogP contribution in [0.15, 0.2) is 11.1 Å². The van der Waals surface area contributed by atoms with E-state index in [4.69, 9.17) is 5.26 Å². The quantitative estimate of drug-likeness (QED) is 0.443. The minimum Gasteiger partial charge on any atom is -0.337 e. The van der Waals surface area contributed by atoms with Gasteiger partial charge in [-0.15, -0.1) is 0 Å². The molecule has 13 heavy (non-hydrogen) atoms. The fourth-order valence-corrected chi connectivity index (χ4v) is 2.17. The average Bonchev–Trinajstić information content (AvgIpc) is 2.58. The molecule has 3 heteroatoms. The molecular formula is C10H12N2O. The van der Waals surface area contributed by atoms with E-state index < -0.39 is 0 Å². The molecular weight excluding hydrogens is 164 g/mol. The number of hydrogen-bond acceptors (Lipinski definition) is 2. The number of hydrogen-bond donors (Lipinski definition) is 0. The van der Waals surface area contributed by atoms with Crippen LogP contribution in [0.25, 0.3) is 0 Å². The second-order valence-electron chi connectivity index (χ2n) is 3.79. The van der Waals surface area contributed by atoms with Gasteiger partial charge < -0.3 is 4.90 Å². The Bertz CT molecular complexity index is 301. The molecule has 2 rings (SSSR count). The number of amides is 1. The standard InChI is InChI=1S/C10H12N2O/c11-4-8-1-2-9-5-12(7-13)6-10(9)3-8/h7-8H,1-3,5-6H2. The minimum absolute atomic E-state index is 0.186. The lowest BCUT2D eigenvalue weighted by Gasteiger charge is -2.16. The van der Waals surface area contributed by atoms with Crippen LogP contribution in [0.1, 0.15) is 19.3 Å². The van der Waals surface area contributed by atoms with Gasteiger partial charge in [-0.2, -0.15) is 5.26 Å². The summed E-state index contributed by atoms with van der Waals surface area (Å²) in [6.07, 6.45) is 3.77. The maximum absolute atomic E-state index is 10.5. The first-order chi connectivity index (χ1) is 6.33. The largest absolute Gasteiger partial charge is 0.337 e. The van der Waals surface area contributed by atoms with Gasteiger partial charge in [0, 0.05) is 13.1 Å². The van der Waals surface area contributed by atoms with Crippen LogP contribution in [0.4, 0.5) is 0 Å². The maximum Gasteiger partial charge on any atom is 0.210 e. The molecule has 0 radical (unpaired) electrons. The smallest absolute Gasteiger partial charge is 0.210 e. The molecule has 0 fully saturated rings. The van der Waals surface area contributed by atoms with Crippen LogP contribution in [0.2, 0.25) is 0 Å². The lowest BCUT2D eigenvalue weighted by atomic mass is 9.86. The van der Waals surface area contributed by atoms with E-state index in [-0.39, 0.29) is 5.92 Å². The van der Waals surface area contributed by atoms with Crippen molar-refractivity contribution >= 4 is 6.41 Å². The summed E-state index contributed by atoms with van der Waals surface area (Å²) in [5, 5.41) is 8.78. The summed E-state index contributed by atoms with van der Waals surface area (Å²) in [6.45, 7) is 1.56. The van der Waals surface area contributed by atoms with Crippen molar-refractivity contribution in [3.05, 3.63) is 11.1 Å². The maximum atomic E-state index is 10.5. The first-order valence-corrected chi connectivity index (χ1v) is 4.62. The second kappa shape index (κ2) is 3.21. The van der Waals surface area contributed by atoms with Gasteiger partial charge in [0.2, 0.25) is 6.41 Å². The van der Waals surface area contributed by atoms with Crippen LogP contribution in [0, 0.1) is 17.2 Å². The normalized spacial score (nSPS) is 27.0. The van der Waals surface area contributed by atoms with Crippen molar-refractivity contribution in [1.82, 2.24) is 4.90 Å². The van der Waals surface area contributed by atoms with Crippen LogP contribution in [0.3, 0.4) is 0 Å². The van der Waals surface area contributed by atoms with Crippen molar-refractivity contribution in [2.24, 2.45) is 5.92 Å². The van der Waals surface area contributed by atoms with Gasteiger partial charge in [0.25, 0.3) is 0 Å². The van der Waals surface area contributed by atoms with Gasteiger partial charge in [0.05, 0.1) is 12.0 Å². The highest BCUT2D eigenvalue weighted by atomic mass is 16.1. The minimum atomic E-state index is 0.186. The molecule has 0 N–H and O–H groups in total. The zero-order chi connectivity index (χ0) is 9.26. The third-order valence-corrected chi connectivity index (χ3v) is 2.91. The first kappa shape index (κ1) is 8.31. The third-order valence-electron chi connectivity index (χ3n) is 2.91. The predicted molar refractivity (Wildman–Crippen MR) is 47.6 cm³/mol. The van der Waals surface area contributed by atoms with Crippen LogP contribution < -0.4 is 0 Å². The lowest BCUT2D eigenvalue weighted by molar-refractivity contribution is -0.117. The van der Waals surface area contributed by atoms with Crippen molar-refractivity contribution in [1.29, 1.82) is 5.26 Å². The summed E-state index contributed by atoms with van der Waals surface area (Å²) >= 11 is 0. The number of carbonyl (C=O) groups excluding carboxylic acids is 1. The van der Waals surface area contributed by atoms with Gasteiger partial charge in [-0.25, -0.2) is 0 Å². The number of rotatable bonds is 1. The van der Waals surface area contributed by atoms with E-state index in [1.54, 1.807) is 4.90 Å². The van der Waals surface area contributed by atoms with Crippen molar-refractivity contribution in [2.75, 3.05) is 13.1 Å². The topological polar surface area (TPSA) is 44.1 Å². The van der Waals surface area contributed by atoms with Crippen molar-refractivity contribution < 1.29 is 4.79 Å². The lowest BCUT2D eigenvalue weighted by Crippen LogP contribution is -2.18. The summed E-state index contributed by atoms with van der Waals surface area (Å²) < 4.78 is 0. The molecule has 2 aliphatic rings. The second-order valence-corrected chi connectivity index (χ2v) is 3.79. The summed E-state index contributed by atoms with van der Waals surface area (Å²) in [7, 11) is 0. The van der Waals surface area contributed by atoms with Gasteiger partial charge in [-0.05, 0) is 30.4 Å². The monoisotopic (exact) mass is 176 g/mol. The Hall–Kier alpha value is -1.30. The number of carbonyl (C=O) groups is 1. The van der Waals surface area contributed by atoms with Gasteiger partial charge >= 0.3 is 0 Å². The molecule has 68 valence electrons. The zero-order valence-corrected chi connectivity index (χ0v) is 7.49. The van der Waals surface area contributed by atoms with Crippen molar-refractivity contribution in [3.8, 4) is 6.07 Å². The molecule has 1 amide bonds. The Kier molecular flexibility index (Phi) is 2.05. The highest BCUT2D eigenvalue weighted by molar-refractivity contribution is 5.51. The number of nitriles is 1. The molecule has 3 nitrogen and oxygen atoms in total. The highest BCUT2D eigenvalue weighted by Crippen LogP contribution is 2.33.